The number of fused-ring (bicyclic) bond motifs is 1. The molecule has 1 aliphatic heterocycles. The zero-order chi connectivity index (χ0) is 23.0. The van der Waals surface area contributed by atoms with Gasteiger partial charge in [0.1, 0.15) is 11.6 Å². The molecule has 9 heteroatoms. The molecule has 1 aromatic heterocycles. The number of carbonyl (C=O) groups excluding carboxylic acids is 1. The van der Waals surface area contributed by atoms with Crippen LogP contribution in [0.5, 0.6) is 5.75 Å². The van der Waals surface area contributed by atoms with E-state index in [1.54, 1.807) is 44.4 Å². The number of halogens is 2. The van der Waals surface area contributed by atoms with E-state index in [4.69, 9.17) is 21.1 Å². The first-order chi connectivity index (χ1) is 15.3. The maximum Gasteiger partial charge on any atom is 0.338 e. The zero-order valence-electron chi connectivity index (χ0n) is 17.4. The van der Waals surface area contributed by atoms with Gasteiger partial charge < -0.3 is 9.47 Å². The van der Waals surface area contributed by atoms with E-state index in [1.165, 1.54) is 29.9 Å². The molecule has 164 valence electrons. The van der Waals surface area contributed by atoms with E-state index in [9.17, 15) is 14.0 Å². The summed E-state index contributed by atoms with van der Waals surface area (Å²) in [6.07, 6.45) is 1.41. The number of rotatable bonds is 4. The number of aromatic nitrogens is 1. The molecule has 0 saturated carbocycles. The Bertz CT molecular complexity index is 1400. The maximum atomic E-state index is 14.3. The molecule has 1 unspecified atom stereocenters. The monoisotopic (exact) mass is 472 g/mol. The summed E-state index contributed by atoms with van der Waals surface area (Å²) in [5.74, 6) is -0.490. The second-order valence-corrected chi connectivity index (χ2v) is 8.40. The first-order valence-electron chi connectivity index (χ1n) is 9.54. The standard InChI is InChI=1S/C23H18ClFN2O4S/c1-12-19(22(29)31-3)20(13-7-9-14(30-2)10-8-13)27-21(28)18(32-23(27)26-12)11-15-16(24)5-4-6-17(15)25/h4-11,20H,1-3H3. The molecular weight excluding hydrogens is 455 g/mol. The molecule has 0 bridgehead atoms. The van der Waals surface area contributed by atoms with E-state index in [2.05, 4.69) is 4.99 Å². The van der Waals surface area contributed by atoms with E-state index >= 15 is 0 Å². The van der Waals surface area contributed by atoms with Crippen molar-refractivity contribution in [3.63, 3.8) is 0 Å². The number of benzene rings is 2. The van der Waals surface area contributed by atoms with Gasteiger partial charge >= 0.3 is 5.97 Å². The van der Waals surface area contributed by atoms with Gasteiger partial charge in [-0.1, -0.05) is 41.1 Å². The SMILES string of the molecule is COC(=O)C1=C(C)N=c2sc(=Cc3c(F)cccc3Cl)c(=O)n2C1c1ccc(OC)cc1. The smallest absolute Gasteiger partial charge is 0.338 e. The summed E-state index contributed by atoms with van der Waals surface area (Å²) in [4.78, 5) is 30.9. The number of thiazole rings is 1. The molecule has 2 aromatic carbocycles. The highest BCUT2D eigenvalue weighted by atomic mass is 35.5. The van der Waals surface area contributed by atoms with Gasteiger partial charge in [-0.15, -0.1) is 0 Å². The molecule has 0 radical (unpaired) electrons. The predicted octanol–water partition coefficient (Wildman–Crippen LogP) is 3.21. The number of hydrogen-bond acceptors (Lipinski definition) is 6. The third kappa shape index (κ3) is 3.76. The predicted molar refractivity (Wildman–Crippen MR) is 120 cm³/mol. The summed E-state index contributed by atoms with van der Waals surface area (Å²) in [5, 5.41) is 0.189. The Labute approximate surface area is 191 Å². The lowest BCUT2D eigenvalue weighted by atomic mass is 9.96. The topological polar surface area (TPSA) is 69.9 Å². The summed E-state index contributed by atoms with van der Waals surface area (Å²) in [6, 6.07) is 10.6. The minimum absolute atomic E-state index is 0.115. The van der Waals surface area contributed by atoms with Crippen LogP contribution in [0.2, 0.25) is 5.02 Å². The van der Waals surface area contributed by atoms with E-state index in [1.807, 2.05) is 0 Å². The molecule has 0 spiro atoms. The van der Waals surface area contributed by atoms with Crippen molar-refractivity contribution in [1.82, 2.24) is 4.57 Å². The van der Waals surface area contributed by atoms with E-state index in [0.29, 0.717) is 21.8 Å². The van der Waals surface area contributed by atoms with Crippen LogP contribution < -0.4 is 19.6 Å². The fraction of sp³-hybridized carbons (Fsp3) is 0.174. The van der Waals surface area contributed by atoms with Crippen LogP contribution in [-0.2, 0) is 9.53 Å². The van der Waals surface area contributed by atoms with E-state index in [0.717, 1.165) is 11.3 Å². The Morgan fingerprint density at radius 1 is 1.22 bits per heavy atom. The zero-order valence-corrected chi connectivity index (χ0v) is 19.0. The van der Waals surface area contributed by atoms with Gasteiger partial charge in [0.25, 0.3) is 5.56 Å². The van der Waals surface area contributed by atoms with Gasteiger partial charge in [-0.2, -0.15) is 0 Å². The number of esters is 1. The summed E-state index contributed by atoms with van der Waals surface area (Å²) >= 11 is 7.24. The van der Waals surface area contributed by atoms with Crippen molar-refractivity contribution < 1.29 is 18.7 Å². The molecule has 3 aromatic rings. The van der Waals surface area contributed by atoms with Crippen LogP contribution in [0.25, 0.3) is 6.08 Å². The molecule has 4 rings (SSSR count). The third-order valence-corrected chi connectivity index (χ3v) is 6.45. The Hall–Kier alpha value is -3.23. The number of hydrogen-bond donors (Lipinski definition) is 0. The Morgan fingerprint density at radius 3 is 2.56 bits per heavy atom. The van der Waals surface area contributed by atoms with Crippen LogP contribution in [0.3, 0.4) is 0 Å². The van der Waals surface area contributed by atoms with Crippen molar-refractivity contribution in [1.29, 1.82) is 0 Å². The van der Waals surface area contributed by atoms with Crippen molar-refractivity contribution in [3.8, 4) is 5.75 Å². The molecule has 0 saturated heterocycles. The van der Waals surface area contributed by atoms with Gasteiger partial charge in [0, 0.05) is 5.56 Å². The second kappa shape index (κ2) is 8.72. The third-order valence-electron chi connectivity index (χ3n) is 5.13. The van der Waals surface area contributed by atoms with Crippen LogP contribution in [0.4, 0.5) is 4.39 Å². The molecule has 0 aliphatic carbocycles. The lowest BCUT2D eigenvalue weighted by Gasteiger charge is -2.24. The Kier molecular flexibility index (Phi) is 5.99. The summed E-state index contributed by atoms with van der Waals surface area (Å²) in [5.41, 5.74) is 1.07. The average molecular weight is 473 g/mol. The van der Waals surface area contributed by atoms with Gasteiger partial charge in [0.2, 0.25) is 0 Å². The van der Waals surface area contributed by atoms with Gasteiger partial charge in [0.05, 0.1) is 41.1 Å². The molecule has 6 nitrogen and oxygen atoms in total. The van der Waals surface area contributed by atoms with Gasteiger partial charge in [0.15, 0.2) is 4.80 Å². The average Bonchev–Trinajstić information content (AvgIpc) is 3.09. The van der Waals surface area contributed by atoms with E-state index in [-0.39, 0.29) is 20.7 Å². The highest BCUT2D eigenvalue weighted by molar-refractivity contribution is 7.07. The fourth-order valence-electron chi connectivity index (χ4n) is 3.57. The minimum Gasteiger partial charge on any atom is -0.497 e. The van der Waals surface area contributed by atoms with Crippen LogP contribution in [-0.4, -0.2) is 24.8 Å². The number of nitrogens with zero attached hydrogens (tertiary/aromatic N) is 2. The van der Waals surface area contributed by atoms with Crippen molar-refractivity contribution in [2.24, 2.45) is 4.99 Å². The molecule has 0 N–H and O–H groups in total. The maximum absolute atomic E-state index is 14.3. The van der Waals surface area contributed by atoms with E-state index < -0.39 is 23.4 Å². The lowest BCUT2D eigenvalue weighted by Crippen LogP contribution is -2.39. The summed E-state index contributed by atoms with van der Waals surface area (Å²) in [6.45, 7) is 1.69. The van der Waals surface area contributed by atoms with Gasteiger partial charge in [-0.05, 0) is 42.8 Å². The molecule has 0 amide bonds. The second-order valence-electron chi connectivity index (χ2n) is 6.98. The summed E-state index contributed by atoms with van der Waals surface area (Å²) in [7, 11) is 2.83. The molecule has 0 fully saturated rings. The molecule has 2 heterocycles. The van der Waals surface area contributed by atoms with Crippen molar-refractivity contribution in [2.45, 2.75) is 13.0 Å². The molecular formula is C23H18ClFN2O4S. The highest BCUT2D eigenvalue weighted by Crippen LogP contribution is 2.31. The van der Waals surface area contributed by atoms with Gasteiger partial charge in [-0.25, -0.2) is 14.2 Å². The normalized spacial score (nSPS) is 15.9. The van der Waals surface area contributed by atoms with Crippen molar-refractivity contribution in [3.05, 3.63) is 95.4 Å². The summed E-state index contributed by atoms with van der Waals surface area (Å²) < 4.78 is 26.2. The first-order valence-corrected chi connectivity index (χ1v) is 10.7. The number of allylic oxidation sites excluding steroid dienone is 1. The minimum atomic E-state index is -0.761. The Morgan fingerprint density at radius 2 is 1.94 bits per heavy atom. The number of methoxy groups -OCH3 is 2. The largest absolute Gasteiger partial charge is 0.497 e. The van der Waals surface area contributed by atoms with Crippen LogP contribution >= 0.6 is 22.9 Å². The number of carbonyl (C=O) groups is 1. The van der Waals surface area contributed by atoms with Crippen molar-refractivity contribution in [2.75, 3.05) is 14.2 Å². The molecule has 32 heavy (non-hydrogen) atoms. The Balaban J connectivity index is 1.99. The van der Waals surface area contributed by atoms with Gasteiger partial charge in [-0.3, -0.25) is 9.36 Å². The first kappa shape index (κ1) is 22.0. The van der Waals surface area contributed by atoms with Crippen molar-refractivity contribution >= 4 is 35.0 Å². The highest BCUT2D eigenvalue weighted by Gasteiger charge is 2.33. The van der Waals surface area contributed by atoms with Crippen LogP contribution in [0.1, 0.15) is 24.1 Å². The number of ether oxygens (including phenoxy) is 2. The quantitative estimate of drug-likeness (QED) is 0.547. The van der Waals surface area contributed by atoms with Crippen LogP contribution in [0, 0.1) is 5.82 Å². The fourth-order valence-corrected chi connectivity index (χ4v) is 4.82. The molecule has 1 aliphatic rings. The van der Waals surface area contributed by atoms with Crippen LogP contribution in [0.15, 0.2) is 63.5 Å². The lowest BCUT2D eigenvalue weighted by molar-refractivity contribution is -0.136. The molecule has 1 atom stereocenters.